The molecule has 0 radical (unpaired) electrons. The molecule has 0 atom stereocenters. The Labute approximate surface area is 152 Å². The summed E-state index contributed by atoms with van der Waals surface area (Å²) in [6.07, 6.45) is 13.2. The van der Waals surface area contributed by atoms with E-state index in [1.54, 1.807) is 12.4 Å². The van der Waals surface area contributed by atoms with Crippen molar-refractivity contribution in [3.63, 3.8) is 0 Å². The van der Waals surface area contributed by atoms with Gasteiger partial charge in [-0.25, -0.2) is 9.97 Å². The molecule has 25 heavy (non-hydrogen) atoms. The lowest BCUT2D eigenvalue weighted by Crippen LogP contribution is -2.13. The fourth-order valence-corrected chi connectivity index (χ4v) is 3.70. The van der Waals surface area contributed by atoms with Crippen LogP contribution in [0.3, 0.4) is 0 Å². The molecule has 0 saturated heterocycles. The maximum Gasteiger partial charge on any atom is 0.205 e. The van der Waals surface area contributed by atoms with Crippen LogP contribution in [0.2, 0.25) is 0 Å². The minimum absolute atomic E-state index is 0.583. The predicted molar refractivity (Wildman–Crippen MR) is 103 cm³/mol. The number of benzene rings is 1. The highest BCUT2D eigenvalue weighted by atomic mass is 14.8. The summed E-state index contributed by atoms with van der Waals surface area (Å²) >= 11 is 0. The molecule has 2 heteroatoms. The summed E-state index contributed by atoms with van der Waals surface area (Å²) in [6, 6.07) is 8.80. The van der Waals surface area contributed by atoms with Crippen molar-refractivity contribution in [3.05, 3.63) is 59.2 Å². The zero-order chi connectivity index (χ0) is 17.5. The molecule has 3 rings (SSSR count). The first kappa shape index (κ1) is 17.7. The summed E-state index contributed by atoms with van der Waals surface area (Å²) in [6.45, 7) is 4.27. The van der Waals surface area contributed by atoms with E-state index >= 15 is 0 Å². The van der Waals surface area contributed by atoms with Crippen LogP contribution in [0.5, 0.6) is 0 Å². The van der Waals surface area contributed by atoms with Gasteiger partial charge in [-0.2, -0.15) is 0 Å². The first-order valence-electron chi connectivity index (χ1n) is 9.65. The Morgan fingerprint density at radius 2 is 1.64 bits per heavy atom. The summed E-state index contributed by atoms with van der Waals surface area (Å²) in [5.74, 6) is 8.49. The quantitative estimate of drug-likeness (QED) is 0.676. The molecular formula is C23H28N2. The summed E-state index contributed by atoms with van der Waals surface area (Å²) in [5.41, 5.74) is 3.56. The van der Waals surface area contributed by atoms with Crippen molar-refractivity contribution in [2.75, 3.05) is 0 Å². The average molecular weight is 332 g/mol. The van der Waals surface area contributed by atoms with Crippen LogP contribution >= 0.6 is 0 Å². The van der Waals surface area contributed by atoms with Gasteiger partial charge in [0.25, 0.3) is 0 Å². The SMILES string of the molecule is CCCC[C@H]1CC[C@H](c2ccc(C#Cc3ncc(C)cn3)cc2)CC1. The zero-order valence-corrected chi connectivity index (χ0v) is 15.5. The molecule has 1 fully saturated rings. The zero-order valence-electron chi connectivity index (χ0n) is 15.5. The predicted octanol–water partition coefficient (Wildman–Crippen LogP) is 5.65. The second-order valence-corrected chi connectivity index (χ2v) is 7.32. The standard InChI is InChI=1S/C23H28N2/c1-3-4-5-19-6-11-21(12-7-19)22-13-8-20(9-14-22)10-15-23-24-16-18(2)17-25-23/h8-9,13-14,16-17,19,21H,3-7,11-12H2,1-2H3/t19-,21-. The van der Waals surface area contributed by atoms with Gasteiger partial charge >= 0.3 is 0 Å². The third-order valence-electron chi connectivity index (χ3n) is 5.29. The molecule has 0 N–H and O–H groups in total. The Balaban J connectivity index is 1.57. The highest BCUT2D eigenvalue weighted by molar-refractivity contribution is 5.40. The number of hydrogen-bond acceptors (Lipinski definition) is 2. The minimum Gasteiger partial charge on any atom is -0.229 e. The van der Waals surface area contributed by atoms with E-state index in [0.29, 0.717) is 5.82 Å². The van der Waals surface area contributed by atoms with Gasteiger partial charge in [-0.3, -0.25) is 0 Å². The van der Waals surface area contributed by atoms with Gasteiger partial charge in [0.2, 0.25) is 5.82 Å². The molecule has 2 nitrogen and oxygen atoms in total. The van der Waals surface area contributed by atoms with Crippen molar-refractivity contribution in [3.8, 4) is 11.8 Å². The van der Waals surface area contributed by atoms with Crippen LogP contribution in [-0.4, -0.2) is 9.97 Å². The molecule has 1 heterocycles. The van der Waals surface area contributed by atoms with E-state index < -0.39 is 0 Å². The smallest absolute Gasteiger partial charge is 0.205 e. The van der Waals surface area contributed by atoms with Crippen LogP contribution in [0.4, 0.5) is 0 Å². The molecule has 0 bridgehead atoms. The van der Waals surface area contributed by atoms with Crippen LogP contribution in [0.25, 0.3) is 0 Å². The number of rotatable bonds is 4. The number of aryl methyl sites for hydroxylation is 1. The molecule has 0 aliphatic heterocycles. The summed E-state index contributed by atoms with van der Waals surface area (Å²) in [4.78, 5) is 8.46. The first-order valence-corrected chi connectivity index (χ1v) is 9.65. The van der Waals surface area contributed by atoms with E-state index in [1.165, 1.54) is 50.5 Å². The molecule has 1 aliphatic rings. The fraction of sp³-hybridized carbons (Fsp3) is 0.478. The van der Waals surface area contributed by atoms with Crippen molar-refractivity contribution in [1.82, 2.24) is 9.97 Å². The van der Waals surface area contributed by atoms with Gasteiger partial charge in [-0.1, -0.05) is 44.2 Å². The molecule has 1 aromatic heterocycles. The Kier molecular flexibility index (Phi) is 6.23. The molecule has 1 aromatic carbocycles. The topological polar surface area (TPSA) is 25.8 Å². The van der Waals surface area contributed by atoms with Crippen molar-refractivity contribution >= 4 is 0 Å². The van der Waals surface area contributed by atoms with Gasteiger partial charge in [0.05, 0.1) is 0 Å². The Morgan fingerprint density at radius 3 is 2.28 bits per heavy atom. The van der Waals surface area contributed by atoms with E-state index in [-0.39, 0.29) is 0 Å². The number of aromatic nitrogens is 2. The maximum atomic E-state index is 4.23. The van der Waals surface area contributed by atoms with E-state index in [2.05, 4.69) is 53.0 Å². The van der Waals surface area contributed by atoms with E-state index in [1.807, 2.05) is 6.92 Å². The molecule has 2 aromatic rings. The van der Waals surface area contributed by atoms with Crippen LogP contribution in [0, 0.1) is 24.7 Å². The van der Waals surface area contributed by atoms with Crippen LogP contribution in [0.15, 0.2) is 36.7 Å². The molecule has 130 valence electrons. The molecule has 1 saturated carbocycles. The Hall–Kier alpha value is -2.14. The van der Waals surface area contributed by atoms with Gasteiger partial charge in [-0.05, 0) is 73.6 Å². The molecule has 0 spiro atoms. The monoisotopic (exact) mass is 332 g/mol. The van der Waals surface area contributed by atoms with Gasteiger partial charge < -0.3 is 0 Å². The molecule has 1 aliphatic carbocycles. The van der Waals surface area contributed by atoms with Crippen molar-refractivity contribution in [1.29, 1.82) is 0 Å². The normalized spacial score (nSPS) is 19.9. The van der Waals surface area contributed by atoms with E-state index in [0.717, 1.165) is 23.0 Å². The molecule has 0 amide bonds. The Bertz CT molecular complexity index is 711. The Morgan fingerprint density at radius 1 is 0.960 bits per heavy atom. The largest absolute Gasteiger partial charge is 0.229 e. The second kappa shape index (κ2) is 8.81. The lowest BCUT2D eigenvalue weighted by Gasteiger charge is -2.28. The van der Waals surface area contributed by atoms with Crippen molar-refractivity contribution in [2.45, 2.75) is 64.7 Å². The van der Waals surface area contributed by atoms with Gasteiger partial charge in [0.1, 0.15) is 0 Å². The lowest BCUT2D eigenvalue weighted by molar-refractivity contribution is 0.304. The van der Waals surface area contributed by atoms with Gasteiger partial charge in [0.15, 0.2) is 0 Å². The molecule has 0 unspecified atom stereocenters. The van der Waals surface area contributed by atoms with Crippen molar-refractivity contribution < 1.29 is 0 Å². The van der Waals surface area contributed by atoms with E-state index in [9.17, 15) is 0 Å². The third-order valence-corrected chi connectivity index (χ3v) is 5.29. The summed E-state index contributed by atoms with van der Waals surface area (Å²) in [7, 11) is 0. The van der Waals surface area contributed by atoms with Crippen molar-refractivity contribution in [2.24, 2.45) is 5.92 Å². The van der Waals surface area contributed by atoms with E-state index in [4.69, 9.17) is 0 Å². The number of hydrogen-bond donors (Lipinski definition) is 0. The number of nitrogens with zero attached hydrogens (tertiary/aromatic N) is 2. The highest BCUT2D eigenvalue weighted by Crippen LogP contribution is 2.37. The van der Waals surface area contributed by atoms with Gasteiger partial charge in [-0.15, -0.1) is 0 Å². The summed E-state index contributed by atoms with van der Waals surface area (Å²) in [5, 5.41) is 0. The maximum absolute atomic E-state index is 4.23. The minimum atomic E-state index is 0.583. The van der Waals surface area contributed by atoms with Crippen LogP contribution < -0.4 is 0 Å². The highest BCUT2D eigenvalue weighted by Gasteiger charge is 2.21. The van der Waals surface area contributed by atoms with Crippen LogP contribution in [-0.2, 0) is 0 Å². The number of unbranched alkanes of at least 4 members (excludes halogenated alkanes) is 1. The van der Waals surface area contributed by atoms with Crippen LogP contribution in [0.1, 0.15) is 80.3 Å². The summed E-state index contributed by atoms with van der Waals surface area (Å²) < 4.78 is 0. The molecular weight excluding hydrogens is 304 g/mol. The second-order valence-electron chi connectivity index (χ2n) is 7.32. The fourth-order valence-electron chi connectivity index (χ4n) is 3.70. The lowest BCUT2D eigenvalue weighted by atomic mass is 9.77. The van der Waals surface area contributed by atoms with Gasteiger partial charge in [0, 0.05) is 18.0 Å². The third kappa shape index (κ3) is 5.16. The first-order chi connectivity index (χ1) is 12.2. The average Bonchev–Trinajstić information content (AvgIpc) is 2.67.